The van der Waals surface area contributed by atoms with Gasteiger partial charge in [0, 0.05) is 49.5 Å². The summed E-state index contributed by atoms with van der Waals surface area (Å²) in [4.78, 5) is 31.4. The van der Waals surface area contributed by atoms with E-state index in [0.717, 1.165) is 18.7 Å². The molecule has 0 spiro atoms. The van der Waals surface area contributed by atoms with Crippen molar-refractivity contribution in [3.63, 3.8) is 0 Å². The predicted octanol–water partition coefficient (Wildman–Crippen LogP) is 2.45. The zero-order chi connectivity index (χ0) is 22.4. The number of fused-ring (bicyclic) bond motifs is 5. The Morgan fingerprint density at radius 3 is 2.69 bits per heavy atom. The smallest absolute Gasteiger partial charge is 0.258 e. The second-order valence-electron chi connectivity index (χ2n) is 9.12. The van der Waals surface area contributed by atoms with Gasteiger partial charge in [-0.05, 0) is 43.1 Å². The number of amides is 1. The molecule has 32 heavy (non-hydrogen) atoms. The summed E-state index contributed by atoms with van der Waals surface area (Å²) < 4.78 is 1.85. The molecule has 3 aliphatic heterocycles. The molecule has 0 unspecified atom stereocenters. The molecule has 0 radical (unpaired) electrons. The van der Waals surface area contributed by atoms with Crippen LogP contribution in [0.5, 0.6) is 0 Å². The molecule has 5 rings (SSSR count). The van der Waals surface area contributed by atoms with E-state index in [-0.39, 0.29) is 42.0 Å². The molecule has 6 heteroatoms. The number of hydrogen-bond donors (Lipinski definition) is 1. The lowest BCUT2D eigenvalue weighted by molar-refractivity contribution is -0.139. The highest BCUT2D eigenvalue weighted by Gasteiger charge is 2.56. The van der Waals surface area contributed by atoms with Crippen molar-refractivity contribution in [1.29, 1.82) is 0 Å². The highest BCUT2D eigenvalue weighted by atomic mass is 16.3. The Bertz CT molecular complexity index is 1120. The van der Waals surface area contributed by atoms with Gasteiger partial charge >= 0.3 is 0 Å². The standard InChI is InChI=1S/C26H31N3O3/c1-3-7-18-10-11-21-24-23(20(16-30)22(28(24)4-2)15-29(21)25(18)31)26(32)27-13-12-17-8-5-6-9-19(17)14-27/h3,5-11,20,22-24,30H,4,12-16H2,1-2H3/b7-3-/t20-,22-,23+,24+/m1/s1. The third kappa shape index (κ3) is 3.16. The Kier molecular flexibility index (Phi) is 5.51. The van der Waals surface area contributed by atoms with Crippen LogP contribution in [-0.4, -0.2) is 51.1 Å². The van der Waals surface area contributed by atoms with E-state index in [1.165, 1.54) is 11.1 Å². The Balaban J connectivity index is 1.55. The van der Waals surface area contributed by atoms with E-state index in [1.807, 2.05) is 52.8 Å². The topological polar surface area (TPSA) is 65.8 Å². The number of carbonyl (C=O) groups excluding carboxylic acids is 1. The average Bonchev–Trinajstić information content (AvgIpc) is 3.05. The molecule has 0 saturated carbocycles. The lowest BCUT2D eigenvalue weighted by Gasteiger charge is -2.38. The van der Waals surface area contributed by atoms with Crippen molar-refractivity contribution in [2.45, 2.75) is 45.4 Å². The molecule has 0 aliphatic carbocycles. The number of benzene rings is 1. The number of hydrogen-bond acceptors (Lipinski definition) is 4. The molecule has 6 nitrogen and oxygen atoms in total. The normalized spacial score (nSPS) is 26.9. The van der Waals surface area contributed by atoms with Crippen LogP contribution in [0.15, 0.2) is 47.3 Å². The minimum atomic E-state index is -0.351. The van der Waals surface area contributed by atoms with E-state index in [9.17, 15) is 14.7 Å². The van der Waals surface area contributed by atoms with Crippen molar-refractivity contribution in [2.24, 2.45) is 11.8 Å². The van der Waals surface area contributed by atoms with E-state index in [1.54, 1.807) is 0 Å². The second-order valence-corrected chi connectivity index (χ2v) is 9.12. The number of aliphatic hydroxyl groups excluding tert-OH is 1. The number of rotatable bonds is 4. The fourth-order valence-electron chi connectivity index (χ4n) is 6.15. The molecule has 1 aromatic heterocycles. The van der Waals surface area contributed by atoms with Crippen molar-refractivity contribution in [2.75, 3.05) is 19.7 Å². The van der Waals surface area contributed by atoms with Crippen LogP contribution in [0, 0.1) is 11.8 Å². The summed E-state index contributed by atoms with van der Waals surface area (Å²) in [6.45, 7) is 6.55. The zero-order valence-corrected chi connectivity index (χ0v) is 18.8. The average molecular weight is 434 g/mol. The van der Waals surface area contributed by atoms with E-state index < -0.39 is 0 Å². The molecule has 1 N–H and O–H groups in total. The van der Waals surface area contributed by atoms with Crippen LogP contribution in [0.2, 0.25) is 0 Å². The van der Waals surface area contributed by atoms with Crippen molar-refractivity contribution < 1.29 is 9.90 Å². The number of carbonyl (C=O) groups is 1. The van der Waals surface area contributed by atoms with Gasteiger partial charge in [-0.2, -0.15) is 0 Å². The first-order valence-electron chi connectivity index (χ1n) is 11.7. The molecule has 1 aromatic carbocycles. The maximum absolute atomic E-state index is 13.9. The van der Waals surface area contributed by atoms with Gasteiger partial charge in [-0.3, -0.25) is 14.5 Å². The summed E-state index contributed by atoms with van der Waals surface area (Å²) >= 11 is 0. The van der Waals surface area contributed by atoms with Gasteiger partial charge in [0.25, 0.3) is 5.56 Å². The fraction of sp³-hybridized carbons (Fsp3) is 0.462. The number of allylic oxidation sites excluding steroid dienone is 1. The van der Waals surface area contributed by atoms with E-state index in [4.69, 9.17) is 0 Å². The first kappa shape index (κ1) is 21.2. The van der Waals surface area contributed by atoms with Crippen molar-refractivity contribution in [3.05, 3.63) is 75.2 Å². The highest BCUT2D eigenvalue weighted by molar-refractivity contribution is 5.81. The maximum Gasteiger partial charge on any atom is 0.258 e. The van der Waals surface area contributed by atoms with Crippen molar-refractivity contribution in [3.8, 4) is 0 Å². The lowest BCUT2D eigenvalue weighted by Crippen LogP contribution is -2.46. The van der Waals surface area contributed by atoms with Crippen LogP contribution < -0.4 is 5.56 Å². The van der Waals surface area contributed by atoms with Gasteiger partial charge in [0.2, 0.25) is 5.91 Å². The fourth-order valence-corrected chi connectivity index (χ4v) is 6.15. The summed E-state index contributed by atoms with van der Waals surface area (Å²) in [5.41, 5.74) is 4.06. The van der Waals surface area contributed by atoms with E-state index in [2.05, 4.69) is 24.0 Å². The SMILES string of the molecule is C/C=C\c1ccc2n(c1=O)C[C@@H]1[C@@H](CO)[C@H](C(=O)N3CCc4ccccc4C3)[C@H]2N1CC. The minimum Gasteiger partial charge on any atom is -0.396 e. The monoisotopic (exact) mass is 433 g/mol. The summed E-state index contributed by atoms with van der Waals surface area (Å²) in [7, 11) is 0. The highest BCUT2D eigenvalue weighted by Crippen LogP contribution is 2.48. The van der Waals surface area contributed by atoms with Crippen LogP contribution in [0.25, 0.3) is 6.08 Å². The van der Waals surface area contributed by atoms with Crippen molar-refractivity contribution >= 4 is 12.0 Å². The van der Waals surface area contributed by atoms with Gasteiger partial charge in [-0.25, -0.2) is 0 Å². The van der Waals surface area contributed by atoms with E-state index in [0.29, 0.717) is 25.2 Å². The van der Waals surface area contributed by atoms with Gasteiger partial charge in [0.1, 0.15) is 0 Å². The number of nitrogens with zero attached hydrogens (tertiary/aromatic N) is 3. The molecule has 4 atom stereocenters. The number of aromatic nitrogens is 1. The van der Waals surface area contributed by atoms with Crippen LogP contribution in [-0.2, 0) is 24.3 Å². The summed E-state index contributed by atoms with van der Waals surface area (Å²) in [6.07, 6.45) is 4.56. The zero-order valence-electron chi connectivity index (χ0n) is 18.8. The Morgan fingerprint density at radius 1 is 1.19 bits per heavy atom. The molecule has 1 saturated heterocycles. The first-order chi connectivity index (χ1) is 15.6. The van der Waals surface area contributed by atoms with Gasteiger partial charge in [0.15, 0.2) is 0 Å². The molecule has 4 heterocycles. The number of pyridine rings is 1. The van der Waals surface area contributed by atoms with Crippen LogP contribution in [0.3, 0.4) is 0 Å². The molecular formula is C26H31N3O3. The van der Waals surface area contributed by atoms with E-state index >= 15 is 0 Å². The van der Waals surface area contributed by atoms with Gasteiger partial charge in [-0.15, -0.1) is 0 Å². The quantitative estimate of drug-likeness (QED) is 0.805. The lowest BCUT2D eigenvalue weighted by atomic mass is 9.85. The van der Waals surface area contributed by atoms with Gasteiger partial charge in [-0.1, -0.05) is 43.3 Å². The maximum atomic E-state index is 13.9. The third-order valence-electron chi connectivity index (χ3n) is 7.64. The summed E-state index contributed by atoms with van der Waals surface area (Å²) in [5, 5.41) is 10.4. The molecule has 168 valence electrons. The van der Waals surface area contributed by atoms with Crippen LogP contribution in [0.4, 0.5) is 0 Å². The molecule has 1 fully saturated rings. The number of aliphatic hydroxyl groups is 1. The summed E-state index contributed by atoms with van der Waals surface area (Å²) in [5.74, 6) is -0.437. The van der Waals surface area contributed by atoms with Gasteiger partial charge in [0.05, 0.1) is 12.0 Å². The minimum absolute atomic E-state index is 0.0111. The Hall–Kier alpha value is -2.70. The third-order valence-corrected chi connectivity index (χ3v) is 7.64. The summed E-state index contributed by atoms with van der Waals surface area (Å²) in [6, 6.07) is 12.0. The Labute approximate surface area is 188 Å². The number of likely N-dealkylation sites (N-methyl/N-ethyl adjacent to an activating group) is 1. The van der Waals surface area contributed by atoms with Crippen LogP contribution >= 0.6 is 0 Å². The van der Waals surface area contributed by atoms with Crippen LogP contribution in [0.1, 0.15) is 42.3 Å². The molecule has 3 aliphatic rings. The second kappa shape index (κ2) is 8.34. The van der Waals surface area contributed by atoms with Crippen molar-refractivity contribution in [1.82, 2.24) is 14.4 Å². The predicted molar refractivity (Wildman–Crippen MR) is 124 cm³/mol. The molecule has 2 aromatic rings. The molecule has 2 bridgehead atoms. The largest absolute Gasteiger partial charge is 0.396 e. The molecular weight excluding hydrogens is 402 g/mol. The first-order valence-corrected chi connectivity index (χ1v) is 11.7. The van der Waals surface area contributed by atoms with Gasteiger partial charge < -0.3 is 14.6 Å². The Morgan fingerprint density at radius 2 is 1.97 bits per heavy atom. The molecule has 1 amide bonds.